The van der Waals surface area contributed by atoms with Gasteiger partial charge in [-0.1, -0.05) is 24.3 Å². The molecule has 1 aliphatic carbocycles. The molecule has 0 atom stereocenters. The van der Waals surface area contributed by atoms with Gasteiger partial charge in [-0.25, -0.2) is 0 Å². The van der Waals surface area contributed by atoms with Gasteiger partial charge < -0.3 is 19.4 Å². The summed E-state index contributed by atoms with van der Waals surface area (Å²) in [7, 11) is 1.24. The molecule has 0 unspecified atom stereocenters. The molecule has 6 heteroatoms. The summed E-state index contributed by atoms with van der Waals surface area (Å²) in [4.78, 5) is 13.0. The van der Waals surface area contributed by atoms with Gasteiger partial charge in [0.25, 0.3) is 0 Å². The zero-order valence-electron chi connectivity index (χ0n) is 17.7. The van der Waals surface area contributed by atoms with Gasteiger partial charge in [0.05, 0.1) is 23.7 Å². The van der Waals surface area contributed by atoms with Gasteiger partial charge in [0.2, 0.25) is 5.91 Å². The average molecular weight is 393 g/mol. The van der Waals surface area contributed by atoms with E-state index in [4.69, 9.17) is 14.0 Å². The van der Waals surface area contributed by atoms with Crippen molar-refractivity contribution in [3.8, 4) is 5.75 Å². The first-order valence-corrected chi connectivity index (χ1v) is 10.1. The first-order valence-electron chi connectivity index (χ1n) is 10.1. The second-order valence-corrected chi connectivity index (χ2v) is 8.97. The van der Waals surface area contributed by atoms with Crippen LogP contribution in [0.4, 0.5) is 5.69 Å². The molecule has 2 aromatic rings. The Bertz CT molecular complexity index is 885. The number of hydrogen-bond acceptors (Lipinski definition) is 4. The minimum absolute atomic E-state index is 0.0334. The lowest BCUT2D eigenvalue weighted by Crippen LogP contribution is -2.41. The Morgan fingerprint density at radius 2 is 1.48 bits per heavy atom. The maximum Gasteiger partial charge on any atom is 0.494 e. The van der Waals surface area contributed by atoms with Gasteiger partial charge in [-0.05, 0) is 75.8 Å². The van der Waals surface area contributed by atoms with Crippen LogP contribution in [0.25, 0.3) is 0 Å². The highest BCUT2D eigenvalue weighted by molar-refractivity contribution is 6.62. The third kappa shape index (κ3) is 3.56. The summed E-state index contributed by atoms with van der Waals surface area (Å²) < 4.78 is 17.4. The van der Waals surface area contributed by atoms with Crippen molar-refractivity contribution in [2.45, 2.75) is 57.2 Å². The van der Waals surface area contributed by atoms with Crippen LogP contribution in [-0.4, -0.2) is 31.3 Å². The third-order valence-electron chi connectivity index (χ3n) is 6.52. The van der Waals surface area contributed by atoms with Gasteiger partial charge in [0.1, 0.15) is 5.75 Å². The number of ether oxygens (including phenoxy) is 1. The third-order valence-corrected chi connectivity index (χ3v) is 6.52. The quantitative estimate of drug-likeness (QED) is 0.788. The van der Waals surface area contributed by atoms with Crippen molar-refractivity contribution < 1.29 is 18.8 Å². The van der Waals surface area contributed by atoms with Crippen molar-refractivity contribution in [3.63, 3.8) is 0 Å². The van der Waals surface area contributed by atoms with Crippen molar-refractivity contribution in [1.82, 2.24) is 0 Å². The minimum Gasteiger partial charge on any atom is -0.497 e. The Balaban J connectivity index is 1.44. The van der Waals surface area contributed by atoms with Crippen LogP contribution < -0.4 is 15.5 Å². The summed E-state index contributed by atoms with van der Waals surface area (Å²) in [6.07, 6.45) is 1.72. The standard InChI is InChI=1S/C23H28BNO4/c1-21(2)22(3,4)29-24(28-21)17-8-10-18(11-9-17)25-20(26)23(14-15-23)16-6-12-19(27-5)13-7-16/h6-13H,14-15H2,1-5H3,(H,25,26). The molecule has 0 radical (unpaired) electrons. The molecule has 1 saturated carbocycles. The van der Waals surface area contributed by atoms with Gasteiger partial charge in [-0.3, -0.25) is 4.79 Å². The monoisotopic (exact) mass is 393 g/mol. The Labute approximate surface area is 172 Å². The molecule has 2 aromatic carbocycles. The van der Waals surface area contributed by atoms with Crippen LogP contribution >= 0.6 is 0 Å². The molecule has 5 nitrogen and oxygen atoms in total. The Morgan fingerprint density at radius 3 is 1.97 bits per heavy atom. The number of amides is 1. The molecule has 29 heavy (non-hydrogen) atoms. The van der Waals surface area contributed by atoms with Crippen LogP contribution in [0.5, 0.6) is 5.75 Å². The zero-order chi connectivity index (χ0) is 20.9. The number of nitrogens with one attached hydrogen (secondary N) is 1. The first-order chi connectivity index (χ1) is 13.7. The van der Waals surface area contributed by atoms with Crippen LogP contribution in [0.3, 0.4) is 0 Å². The highest BCUT2D eigenvalue weighted by atomic mass is 16.7. The van der Waals surface area contributed by atoms with E-state index in [0.717, 1.165) is 35.3 Å². The van der Waals surface area contributed by atoms with E-state index in [1.807, 2.05) is 76.2 Å². The maximum atomic E-state index is 13.0. The molecule has 0 bridgehead atoms. The van der Waals surface area contributed by atoms with Crippen molar-refractivity contribution in [1.29, 1.82) is 0 Å². The Kier molecular flexibility index (Phi) is 4.75. The zero-order valence-corrected chi connectivity index (χ0v) is 17.7. The predicted molar refractivity (Wildman–Crippen MR) is 115 cm³/mol. The number of carbonyl (C=O) groups excluding carboxylic acids is 1. The van der Waals surface area contributed by atoms with Crippen LogP contribution in [0.15, 0.2) is 48.5 Å². The van der Waals surface area contributed by atoms with E-state index in [1.54, 1.807) is 7.11 Å². The summed E-state index contributed by atoms with van der Waals surface area (Å²) in [5.41, 5.74) is 1.57. The lowest BCUT2D eigenvalue weighted by atomic mass is 9.79. The van der Waals surface area contributed by atoms with Crippen molar-refractivity contribution in [3.05, 3.63) is 54.1 Å². The molecule has 2 fully saturated rings. The normalized spacial score (nSPS) is 20.9. The molecule has 4 rings (SSSR count). The van der Waals surface area contributed by atoms with Crippen molar-refractivity contribution in [2.75, 3.05) is 12.4 Å². The number of methoxy groups -OCH3 is 1. The summed E-state index contributed by atoms with van der Waals surface area (Å²) in [6, 6.07) is 15.5. The Morgan fingerprint density at radius 1 is 0.931 bits per heavy atom. The van der Waals surface area contributed by atoms with E-state index in [-0.39, 0.29) is 17.1 Å². The van der Waals surface area contributed by atoms with Gasteiger partial charge in [0, 0.05) is 5.69 Å². The van der Waals surface area contributed by atoms with E-state index in [0.29, 0.717) is 0 Å². The number of benzene rings is 2. The second-order valence-electron chi connectivity index (χ2n) is 8.97. The van der Waals surface area contributed by atoms with E-state index in [9.17, 15) is 4.79 Å². The molecular formula is C23H28BNO4. The van der Waals surface area contributed by atoms with Crippen LogP contribution in [-0.2, 0) is 19.5 Å². The lowest BCUT2D eigenvalue weighted by Gasteiger charge is -2.32. The van der Waals surface area contributed by atoms with Crippen molar-refractivity contribution in [2.24, 2.45) is 0 Å². The average Bonchev–Trinajstić information content (AvgIpc) is 3.46. The van der Waals surface area contributed by atoms with Crippen LogP contribution in [0, 0.1) is 0 Å². The highest BCUT2D eigenvalue weighted by Gasteiger charge is 2.52. The van der Waals surface area contributed by atoms with Crippen LogP contribution in [0.2, 0.25) is 0 Å². The first kappa shape index (κ1) is 20.0. The summed E-state index contributed by atoms with van der Waals surface area (Å²) in [6.45, 7) is 8.15. The molecule has 0 aromatic heterocycles. The molecule has 0 spiro atoms. The van der Waals surface area contributed by atoms with Gasteiger partial charge >= 0.3 is 7.12 Å². The van der Waals surface area contributed by atoms with E-state index >= 15 is 0 Å². The smallest absolute Gasteiger partial charge is 0.494 e. The number of anilines is 1. The fourth-order valence-corrected chi connectivity index (χ4v) is 3.64. The van der Waals surface area contributed by atoms with E-state index in [2.05, 4.69) is 5.32 Å². The molecule has 2 aliphatic rings. The summed E-state index contributed by atoms with van der Waals surface area (Å²) >= 11 is 0. The maximum absolute atomic E-state index is 13.0. The second kappa shape index (κ2) is 6.89. The number of rotatable bonds is 5. The largest absolute Gasteiger partial charge is 0.497 e. The minimum atomic E-state index is -0.434. The SMILES string of the molecule is COc1ccc(C2(C(=O)Nc3ccc(B4OC(C)(C)C(C)(C)O4)cc3)CC2)cc1. The molecular weight excluding hydrogens is 365 g/mol. The van der Waals surface area contributed by atoms with Crippen molar-refractivity contribution >= 4 is 24.2 Å². The summed E-state index contributed by atoms with van der Waals surface area (Å²) in [5.74, 6) is 0.828. The van der Waals surface area contributed by atoms with Gasteiger partial charge in [-0.2, -0.15) is 0 Å². The number of carbonyl (C=O) groups is 1. The molecule has 1 heterocycles. The van der Waals surface area contributed by atoms with E-state index in [1.165, 1.54) is 0 Å². The highest BCUT2D eigenvalue weighted by Crippen LogP contribution is 2.49. The summed E-state index contributed by atoms with van der Waals surface area (Å²) in [5, 5.41) is 3.07. The predicted octanol–water partition coefficient (Wildman–Crippen LogP) is 3.66. The van der Waals surface area contributed by atoms with Crippen LogP contribution in [0.1, 0.15) is 46.1 Å². The molecule has 1 amide bonds. The van der Waals surface area contributed by atoms with Gasteiger partial charge in [-0.15, -0.1) is 0 Å². The lowest BCUT2D eigenvalue weighted by molar-refractivity contribution is -0.118. The fourth-order valence-electron chi connectivity index (χ4n) is 3.64. The Hall–Kier alpha value is -2.31. The molecule has 152 valence electrons. The number of hydrogen-bond donors (Lipinski definition) is 1. The topological polar surface area (TPSA) is 56.8 Å². The molecule has 1 aliphatic heterocycles. The van der Waals surface area contributed by atoms with E-state index < -0.39 is 12.5 Å². The van der Waals surface area contributed by atoms with Gasteiger partial charge in [0.15, 0.2) is 0 Å². The molecule has 1 N–H and O–H groups in total. The molecule has 1 saturated heterocycles. The fraction of sp³-hybridized carbons (Fsp3) is 0.435.